The number of rotatable bonds is 8. The van der Waals surface area contributed by atoms with E-state index in [-0.39, 0.29) is 0 Å². The first kappa shape index (κ1) is 25.2. The summed E-state index contributed by atoms with van der Waals surface area (Å²) >= 11 is 0. The van der Waals surface area contributed by atoms with Gasteiger partial charge in [0, 0.05) is 18.2 Å². The Labute approximate surface area is 223 Å². The largest absolute Gasteiger partial charge is 0.489 e. The SMILES string of the molecule is Cc1cc(OCc2cccc(-c3ccc4c(c3)OCCO4)c2C)cc(OCc2cccc(C#N)c2)c1CN. The second kappa shape index (κ2) is 11.3. The highest BCUT2D eigenvalue weighted by molar-refractivity contribution is 5.71. The number of nitrogens with two attached hydrogens (primary N) is 1. The Kier molecular flexibility index (Phi) is 7.48. The molecular weight excluding hydrogens is 476 g/mol. The predicted octanol–water partition coefficient (Wildman–Crippen LogP) is 6.23. The first-order valence-corrected chi connectivity index (χ1v) is 12.6. The number of nitriles is 1. The molecular formula is C32H30N2O4. The molecule has 0 aliphatic carbocycles. The first-order chi connectivity index (χ1) is 18.6. The summed E-state index contributed by atoms with van der Waals surface area (Å²) in [7, 11) is 0. The molecule has 0 atom stereocenters. The number of hydrogen-bond donors (Lipinski definition) is 1. The highest BCUT2D eigenvalue weighted by Crippen LogP contribution is 2.36. The van der Waals surface area contributed by atoms with Crippen LogP contribution in [0.3, 0.4) is 0 Å². The smallest absolute Gasteiger partial charge is 0.161 e. The molecule has 5 rings (SSSR count). The first-order valence-electron chi connectivity index (χ1n) is 12.6. The van der Waals surface area contributed by atoms with Gasteiger partial charge >= 0.3 is 0 Å². The van der Waals surface area contributed by atoms with Crippen LogP contribution in [-0.4, -0.2) is 13.2 Å². The van der Waals surface area contributed by atoms with Gasteiger partial charge in [0.1, 0.15) is 37.9 Å². The maximum atomic E-state index is 9.17. The summed E-state index contributed by atoms with van der Waals surface area (Å²) in [6.07, 6.45) is 0. The van der Waals surface area contributed by atoms with E-state index in [0.717, 1.165) is 50.4 Å². The van der Waals surface area contributed by atoms with Gasteiger partial charge in [-0.3, -0.25) is 0 Å². The molecule has 0 saturated carbocycles. The summed E-state index contributed by atoms with van der Waals surface area (Å²) in [4.78, 5) is 0. The molecule has 0 amide bonds. The van der Waals surface area contributed by atoms with Gasteiger partial charge < -0.3 is 24.7 Å². The molecule has 2 N–H and O–H groups in total. The molecule has 192 valence electrons. The van der Waals surface area contributed by atoms with E-state index in [1.807, 2.05) is 55.5 Å². The topological polar surface area (TPSA) is 86.7 Å². The Morgan fingerprint density at radius 3 is 2.50 bits per heavy atom. The molecule has 0 radical (unpaired) electrons. The molecule has 0 saturated heterocycles. The van der Waals surface area contributed by atoms with Crippen LogP contribution in [0.1, 0.15) is 33.4 Å². The highest BCUT2D eigenvalue weighted by atomic mass is 16.6. The Bertz CT molecular complexity index is 1510. The van der Waals surface area contributed by atoms with Crippen molar-refractivity contribution < 1.29 is 18.9 Å². The molecule has 38 heavy (non-hydrogen) atoms. The lowest BCUT2D eigenvalue weighted by molar-refractivity contribution is 0.171. The van der Waals surface area contributed by atoms with Gasteiger partial charge in [0.2, 0.25) is 0 Å². The van der Waals surface area contributed by atoms with Crippen LogP contribution < -0.4 is 24.7 Å². The van der Waals surface area contributed by atoms with E-state index in [4.69, 9.17) is 29.9 Å². The van der Waals surface area contributed by atoms with Crippen molar-refractivity contribution in [1.29, 1.82) is 5.26 Å². The van der Waals surface area contributed by atoms with Gasteiger partial charge in [-0.25, -0.2) is 0 Å². The van der Waals surface area contributed by atoms with E-state index in [1.165, 1.54) is 0 Å². The van der Waals surface area contributed by atoms with Gasteiger partial charge in [0.15, 0.2) is 11.5 Å². The van der Waals surface area contributed by atoms with Gasteiger partial charge in [0.25, 0.3) is 0 Å². The number of hydrogen-bond acceptors (Lipinski definition) is 6. The van der Waals surface area contributed by atoms with E-state index in [1.54, 1.807) is 6.07 Å². The van der Waals surface area contributed by atoms with Gasteiger partial charge in [-0.2, -0.15) is 5.26 Å². The molecule has 0 fully saturated rings. The number of nitrogens with zero attached hydrogens (tertiary/aromatic N) is 1. The van der Waals surface area contributed by atoms with E-state index < -0.39 is 0 Å². The van der Waals surface area contributed by atoms with E-state index in [2.05, 4.69) is 31.2 Å². The zero-order valence-electron chi connectivity index (χ0n) is 21.6. The van der Waals surface area contributed by atoms with Crippen LogP contribution in [0, 0.1) is 25.2 Å². The normalized spacial score (nSPS) is 12.1. The standard InChI is InChI=1S/C32H30N2O4/c1-21-13-27(16-31(29(21)18-34)38-19-24-6-3-5-23(14-24)17-33)37-20-26-7-4-8-28(22(26)2)25-9-10-30-32(15-25)36-12-11-35-30/h3-10,13-16H,11-12,18-20,34H2,1-2H3. The van der Waals surface area contributed by atoms with Gasteiger partial charge in [-0.05, 0) is 77.6 Å². The minimum Gasteiger partial charge on any atom is -0.489 e. The van der Waals surface area contributed by atoms with Crippen LogP contribution in [-0.2, 0) is 19.8 Å². The van der Waals surface area contributed by atoms with Crippen molar-refractivity contribution >= 4 is 0 Å². The zero-order chi connectivity index (χ0) is 26.5. The van der Waals surface area contributed by atoms with Crippen LogP contribution in [0.5, 0.6) is 23.0 Å². The zero-order valence-corrected chi connectivity index (χ0v) is 21.6. The summed E-state index contributed by atoms with van der Waals surface area (Å²) in [5, 5.41) is 9.17. The second-order valence-corrected chi connectivity index (χ2v) is 9.26. The third-order valence-corrected chi connectivity index (χ3v) is 6.75. The summed E-state index contributed by atoms with van der Waals surface area (Å²) in [6.45, 7) is 6.35. The average molecular weight is 507 g/mol. The lowest BCUT2D eigenvalue weighted by Gasteiger charge is -2.20. The Hall–Kier alpha value is -4.47. The molecule has 6 heteroatoms. The highest BCUT2D eigenvalue weighted by Gasteiger charge is 2.15. The lowest BCUT2D eigenvalue weighted by atomic mass is 9.96. The fraction of sp³-hybridized carbons (Fsp3) is 0.219. The molecule has 0 spiro atoms. The van der Waals surface area contributed by atoms with Crippen LogP contribution in [0.4, 0.5) is 0 Å². The fourth-order valence-electron chi connectivity index (χ4n) is 4.64. The summed E-state index contributed by atoms with van der Waals surface area (Å²) in [6, 6.07) is 25.7. The number of benzene rings is 4. The van der Waals surface area contributed by atoms with Crippen LogP contribution >= 0.6 is 0 Å². The van der Waals surface area contributed by atoms with Gasteiger partial charge in [0.05, 0.1) is 11.6 Å². The molecule has 1 aliphatic rings. The van der Waals surface area contributed by atoms with E-state index >= 15 is 0 Å². The second-order valence-electron chi connectivity index (χ2n) is 9.26. The maximum Gasteiger partial charge on any atom is 0.161 e. The maximum absolute atomic E-state index is 9.17. The van der Waals surface area contributed by atoms with Crippen LogP contribution in [0.2, 0.25) is 0 Å². The van der Waals surface area contributed by atoms with Crippen LogP contribution in [0.15, 0.2) is 72.8 Å². The molecule has 6 nitrogen and oxygen atoms in total. The minimum absolute atomic E-state index is 0.335. The van der Waals surface area contributed by atoms with E-state index in [0.29, 0.717) is 50.0 Å². The predicted molar refractivity (Wildman–Crippen MR) is 146 cm³/mol. The van der Waals surface area contributed by atoms with E-state index in [9.17, 15) is 0 Å². The fourth-order valence-corrected chi connectivity index (χ4v) is 4.64. The molecule has 1 heterocycles. The van der Waals surface area contributed by atoms with Crippen molar-refractivity contribution in [3.63, 3.8) is 0 Å². The van der Waals surface area contributed by atoms with Gasteiger partial charge in [-0.15, -0.1) is 0 Å². The third kappa shape index (κ3) is 5.44. The Balaban J connectivity index is 1.34. The summed E-state index contributed by atoms with van der Waals surface area (Å²) in [5.74, 6) is 2.96. The Morgan fingerprint density at radius 2 is 1.68 bits per heavy atom. The van der Waals surface area contributed by atoms with Crippen molar-refractivity contribution in [2.24, 2.45) is 5.73 Å². The monoisotopic (exact) mass is 506 g/mol. The number of ether oxygens (including phenoxy) is 4. The van der Waals surface area contributed by atoms with Crippen LogP contribution in [0.25, 0.3) is 11.1 Å². The van der Waals surface area contributed by atoms with Crippen molar-refractivity contribution in [3.8, 4) is 40.2 Å². The molecule has 0 aromatic heterocycles. The van der Waals surface area contributed by atoms with Crippen molar-refractivity contribution in [2.75, 3.05) is 13.2 Å². The molecule has 0 bridgehead atoms. The van der Waals surface area contributed by atoms with Crippen molar-refractivity contribution in [1.82, 2.24) is 0 Å². The Morgan fingerprint density at radius 1 is 0.868 bits per heavy atom. The lowest BCUT2D eigenvalue weighted by Crippen LogP contribution is -2.15. The number of aryl methyl sites for hydroxylation is 1. The van der Waals surface area contributed by atoms with Crippen molar-refractivity contribution in [3.05, 3.63) is 106 Å². The molecule has 1 aliphatic heterocycles. The molecule has 4 aromatic carbocycles. The average Bonchev–Trinajstić information content (AvgIpc) is 2.95. The molecule has 0 unspecified atom stereocenters. The summed E-state index contributed by atoms with van der Waals surface area (Å²) in [5.41, 5.74) is 13.9. The summed E-state index contributed by atoms with van der Waals surface area (Å²) < 4.78 is 23.8. The quantitative estimate of drug-likeness (QED) is 0.305. The third-order valence-electron chi connectivity index (χ3n) is 6.75. The van der Waals surface area contributed by atoms with Crippen molar-refractivity contribution in [2.45, 2.75) is 33.6 Å². The minimum atomic E-state index is 0.335. The molecule has 4 aromatic rings. The van der Waals surface area contributed by atoms with Gasteiger partial charge in [-0.1, -0.05) is 36.4 Å². The number of fused-ring (bicyclic) bond motifs is 1.